The van der Waals surface area contributed by atoms with Crippen molar-refractivity contribution in [3.8, 4) is 17.1 Å². The summed E-state index contributed by atoms with van der Waals surface area (Å²) in [6.45, 7) is 2.94. The van der Waals surface area contributed by atoms with Crippen LogP contribution in [0.25, 0.3) is 11.4 Å². The third kappa shape index (κ3) is 2.64. The van der Waals surface area contributed by atoms with Gasteiger partial charge in [0.05, 0.1) is 5.56 Å². The topological polar surface area (TPSA) is 74.5 Å². The van der Waals surface area contributed by atoms with Gasteiger partial charge in [0.25, 0.3) is 5.56 Å². The number of aromatic hydroxyl groups is 1. The Morgan fingerprint density at radius 2 is 1.93 bits per heavy atom. The van der Waals surface area contributed by atoms with Gasteiger partial charge in [-0.3, -0.25) is 9.36 Å². The number of rotatable bonds is 2. The van der Waals surface area contributed by atoms with E-state index in [2.05, 4.69) is 27.0 Å². The Bertz CT molecular complexity index is 985. The summed E-state index contributed by atoms with van der Waals surface area (Å²) in [5.41, 5.74) is 2.64. The Balaban J connectivity index is 1.53. The van der Waals surface area contributed by atoms with Crippen LogP contribution < -0.4 is 10.5 Å². The van der Waals surface area contributed by atoms with Crippen molar-refractivity contribution in [2.45, 2.75) is 38.1 Å². The average Bonchev–Trinajstić information content (AvgIpc) is 3.32. The molecule has 1 N–H and O–H groups in total. The zero-order valence-electron chi connectivity index (χ0n) is 16.6. The van der Waals surface area contributed by atoms with E-state index < -0.39 is 0 Å². The second-order valence-electron chi connectivity index (χ2n) is 8.52. The van der Waals surface area contributed by atoms with Gasteiger partial charge in [-0.15, -0.1) is 10.2 Å². The monoisotopic (exact) mass is 381 g/mol. The van der Waals surface area contributed by atoms with Crippen molar-refractivity contribution in [2.24, 2.45) is 13.0 Å². The molecule has 2 saturated heterocycles. The van der Waals surface area contributed by atoms with E-state index in [9.17, 15) is 9.90 Å². The largest absolute Gasteiger partial charge is 0.507 e. The van der Waals surface area contributed by atoms with Crippen molar-refractivity contribution in [3.05, 3.63) is 33.6 Å². The highest BCUT2D eigenvalue weighted by Gasteiger charge is 2.39. The number of hydrogen-bond acceptors (Lipinski definition) is 6. The molecule has 7 nitrogen and oxygen atoms in total. The maximum atomic E-state index is 13.2. The highest BCUT2D eigenvalue weighted by atomic mass is 16.3. The predicted octanol–water partition coefficient (Wildman–Crippen LogP) is 1.57. The molecule has 0 unspecified atom stereocenters. The van der Waals surface area contributed by atoms with Gasteiger partial charge in [-0.2, -0.15) is 0 Å². The Morgan fingerprint density at radius 3 is 2.79 bits per heavy atom. The van der Waals surface area contributed by atoms with Gasteiger partial charge in [0.15, 0.2) is 5.82 Å². The lowest BCUT2D eigenvalue weighted by Gasteiger charge is -2.36. The minimum atomic E-state index is -0.140. The average molecular weight is 381 g/mol. The molecule has 2 atom stereocenters. The minimum Gasteiger partial charge on any atom is -0.507 e. The van der Waals surface area contributed by atoms with E-state index in [0.717, 1.165) is 50.9 Å². The van der Waals surface area contributed by atoms with E-state index in [4.69, 9.17) is 0 Å². The van der Waals surface area contributed by atoms with E-state index in [0.29, 0.717) is 29.2 Å². The molecule has 5 rings (SSSR count). The van der Waals surface area contributed by atoms with Crippen molar-refractivity contribution >= 4 is 5.82 Å². The van der Waals surface area contributed by atoms with Crippen molar-refractivity contribution in [1.82, 2.24) is 19.7 Å². The van der Waals surface area contributed by atoms with E-state index in [1.807, 2.05) is 12.1 Å². The lowest BCUT2D eigenvalue weighted by atomic mass is 9.92. The second-order valence-corrected chi connectivity index (χ2v) is 8.52. The molecule has 2 fully saturated rings. The molecule has 7 heteroatoms. The molecule has 3 aliphatic rings. The highest BCUT2D eigenvalue weighted by molar-refractivity contribution is 5.68. The SMILES string of the molecule is CN1CC[C@H]2CCN(c3nnc(-c4ccc5c(c4O)CCC5)n(C)c3=O)[C@H]2C1. The molecule has 0 amide bonds. The number of phenolic OH excluding ortho intramolecular Hbond substituents is 1. The fourth-order valence-corrected chi connectivity index (χ4v) is 5.25. The standard InChI is InChI=1S/C21H27N5O2/c1-24-10-8-14-9-11-26(17(14)12-24)20-21(28)25(2)19(22-23-20)16-7-6-13-4-3-5-15(13)18(16)27/h6-7,14,17,27H,3-5,8-12H2,1-2H3/t14-,17-/m0/s1. The van der Waals surface area contributed by atoms with Crippen LogP contribution in [0.4, 0.5) is 5.82 Å². The lowest BCUT2D eigenvalue weighted by Crippen LogP contribution is -2.48. The van der Waals surface area contributed by atoms with Crippen molar-refractivity contribution in [2.75, 3.05) is 31.6 Å². The van der Waals surface area contributed by atoms with Crippen LogP contribution in [-0.4, -0.2) is 57.5 Å². The van der Waals surface area contributed by atoms with Crippen LogP contribution in [0.1, 0.15) is 30.4 Å². The number of benzene rings is 1. The molecule has 28 heavy (non-hydrogen) atoms. The van der Waals surface area contributed by atoms with Crippen LogP contribution in [0.2, 0.25) is 0 Å². The van der Waals surface area contributed by atoms with E-state index >= 15 is 0 Å². The molecular weight excluding hydrogens is 354 g/mol. The number of aromatic nitrogens is 3. The second kappa shape index (κ2) is 6.58. The fourth-order valence-electron chi connectivity index (χ4n) is 5.25. The first-order valence-corrected chi connectivity index (χ1v) is 10.3. The molecule has 1 aromatic carbocycles. The summed E-state index contributed by atoms with van der Waals surface area (Å²) < 4.78 is 1.54. The van der Waals surface area contributed by atoms with Crippen LogP contribution in [0.3, 0.4) is 0 Å². The summed E-state index contributed by atoms with van der Waals surface area (Å²) in [4.78, 5) is 17.7. The maximum absolute atomic E-state index is 13.2. The van der Waals surface area contributed by atoms with Gasteiger partial charge in [0.1, 0.15) is 5.75 Å². The van der Waals surface area contributed by atoms with Gasteiger partial charge in [-0.25, -0.2) is 0 Å². The summed E-state index contributed by atoms with van der Waals surface area (Å²) in [6.07, 6.45) is 5.21. The van der Waals surface area contributed by atoms with Crippen molar-refractivity contribution < 1.29 is 5.11 Å². The number of likely N-dealkylation sites (tertiary alicyclic amines) is 1. The third-order valence-corrected chi connectivity index (χ3v) is 6.88. The molecule has 2 aromatic rings. The number of fused-ring (bicyclic) bond motifs is 2. The molecule has 1 aliphatic carbocycles. The van der Waals surface area contributed by atoms with E-state index in [-0.39, 0.29) is 11.3 Å². The van der Waals surface area contributed by atoms with Crippen LogP contribution in [0.15, 0.2) is 16.9 Å². The lowest BCUT2D eigenvalue weighted by molar-refractivity contribution is 0.207. The van der Waals surface area contributed by atoms with Crippen molar-refractivity contribution in [3.63, 3.8) is 0 Å². The Kier molecular flexibility index (Phi) is 4.16. The molecule has 0 radical (unpaired) electrons. The maximum Gasteiger partial charge on any atom is 0.296 e. The number of likely N-dealkylation sites (N-methyl/N-ethyl adjacent to an activating group) is 1. The fraction of sp³-hybridized carbons (Fsp3) is 0.571. The number of nitrogens with zero attached hydrogens (tertiary/aromatic N) is 5. The molecule has 0 spiro atoms. The van der Waals surface area contributed by atoms with Crippen LogP contribution in [-0.2, 0) is 19.9 Å². The zero-order valence-corrected chi connectivity index (χ0v) is 16.6. The zero-order chi connectivity index (χ0) is 19.4. The van der Waals surface area contributed by atoms with Gasteiger partial charge >= 0.3 is 0 Å². The summed E-state index contributed by atoms with van der Waals surface area (Å²) in [6, 6.07) is 4.24. The molecule has 0 bridgehead atoms. The number of piperidine rings is 1. The summed E-state index contributed by atoms with van der Waals surface area (Å²) in [5.74, 6) is 1.75. The number of anilines is 1. The molecule has 148 valence electrons. The van der Waals surface area contributed by atoms with E-state index in [1.54, 1.807) is 11.6 Å². The number of phenols is 1. The molecule has 1 aromatic heterocycles. The van der Waals surface area contributed by atoms with Gasteiger partial charge in [0.2, 0.25) is 5.82 Å². The highest BCUT2D eigenvalue weighted by Crippen LogP contribution is 2.37. The van der Waals surface area contributed by atoms with Crippen LogP contribution >= 0.6 is 0 Å². The molecule has 0 saturated carbocycles. The van der Waals surface area contributed by atoms with E-state index in [1.165, 1.54) is 12.0 Å². The first kappa shape index (κ1) is 17.7. The Labute approximate surface area is 164 Å². The summed E-state index contributed by atoms with van der Waals surface area (Å²) in [5, 5.41) is 19.5. The van der Waals surface area contributed by atoms with Gasteiger partial charge in [-0.1, -0.05) is 6.07 Å². The summed E-state index contributed by atoms with van der Waals surface area (Å²) in [7, 11) is 3.86. The van der Waals surface area contributed by atoms with Crippen LogP contribution in [0.5, 0.6) is 5.75 Å². The summed E-state index contributed by atoms with van der Waals surface area (Å²) >= 11 is 0. The first-order valence-electron chi connectivity index (χ1n) is 10.3. The Morgan fingerprint density at radius 1 is 1.11 bits per heavy atom. The van der Waals surface area contributed by atoms with Gasteiger partial charge in [-0.05, 0) is 68.8 Å². The normalized spacial score (nSPS) is 24.4. The minimum absolute atomic E-state index is 0.140. The number of aryl methyl sites for hydroxylation is 1. The number of hydrogen-bond donors (Lipinski definition) is 1. The third-order valence-electron chi connectivity index (χ3n) is 6.88. The molecule has 3 heterocycles. The first-order chi connectivity index (χ1) is 13.5. The predicted molar refractivity (Wildman–Crippen MR) is 108 cm³/mol. The van der Waals surface area contributed by atoms with Gasteiger partial charge in [0, 0.05) is 26.2 Å². The van der Waals surface area contributed by atoms with Gasteiger partial charge < -0.3 is 14.9 Å². The van der Waals surface area contributed by atoms with Crippen LogP contribution in [0, 0.1) is 5.92 Å². The smallest absolute Gasteiger partial charge is 0.296 e. The quantitative estimate of drug-likeness (QED) is 0.851. The van der Waals surface area contributed by atoms with Crippen molar-refractivity contribution in [1.29, 1.82) is 0 Å². The Hall–Kier alpha value is -2.41. The molecular formula is C21H27N5O2. The molecule has 2 aliphatic heterocycles.